The highest BCUT2D eigenvalue weighted by Crippen LogP contribution is 2.27. The Morgan fingerprint density at radius 2 is 1.94 bits per heavy atom. The lowest BCUT2D eigenvalue weighted by atomic mass is 10.1. The number of pyridine rings is 1. The lowest BCUT2D eigenvalue weighted by Crippen LogP contribution is -2.11. The Morgan fingerprint density at radius 1 is 1.11 bits per heavy atom. The summed E-state index contributed by atoms with van der Waals surface area (Å²) in [6, 6.07) is 11.8. The van der Waals surface area contributed by atoms with E-state index in [1.807, 2.05) is 19.1 Å². The maximum atomic E-state index is 15.2. The second kappa shape index (κ2) is 8.42. The van der Waals surface area contributed by atoms with Gasteiger partial charge in [0.1, 0.15) is 23.7 Å². The topological polar surface area (TPSA) is 127 Å². The molecule has 0 spiro atoms. The molecule has 0 aliphatic heterocycles. The van der Waals surface area contributed by atoms with E-state index in [4.69, 9.17) is 0 Å². The minimum absolute atomic E-state index is 0.118. The molecular weight excluding hydrogens is 449 g/mol. The second-order valence-electron chi connectivity index (χ2n) is 7.94. The van der Waals surface area contributed by atoms with Gasteiger partial charge < -0.3 is 5.32 Å². The largest absolute Gasteiger partial charge is 0.337 e. The Labute approximate surface area is 198 Å². The number of aryl methyl sites for hydroxylation is 2. The highest BCUT2D eigenvalue weighted by atomic mass is 19.1. The lowest BCUT2D eigenvalue weighted by molar-refractivity contribution is 0.101. The fraction of sp³-hybridized carbons (Fsp3) is 0.125. The summed E-state index contributed by atoms with van der Waals surface area (Å²) in [6.07, 6.45) is 3.13. The number of halogens is 1. The van der Waals surface area contributed by atoms with E-state index in [1.54, 1.807) is 42.0 Å². The van der Waals surface area contributed by atoms with Crippen molar-refractivity contribution in [3.05, 3.63) is 77.4 Å². The maximum absolute atomic E-state index is 15.2. The van der Waals surface area contributed by atoms with Crippen molar-refractivity contribution >= 4 is 28.5 Å². The average molecular weight is 467 g/mol. The molecule has 0 atom stereocenters. The number of nitrogens with one attached hydrogen (secondary N) is 1. The van der Waals surface area contributed by atoms with Crippen molar-refractivity contribution in [2.75, 3.05) is 5.32 Å². The van der Waals surface area contributed by atoms with Crippen LogP contribution in [0.2, 0.25) is 0 Å². The first-order valence-electron chi connectivity index (χ1n) is 10.6. The lowest BCUT2D eigenvalue weighted by Gasteiger charge is -2.14. The summed E-state index contributed by atoms with van der Waals surface area (Å²) < 4.78 is 18.2. The Kier molecular flexibility index (Phi) is 5.25. The zero-order valence-electron chi connectivity index (χ0n) is 19.0. The van der Waals surface area contributed by atoms with E-state index >= 15 is 4.39 Å². The number of aromatic nitrogens is 7. The van der Waals surface area contributed by atoms with Crippen LogP contribution in [0.5, 0.6) is 0 Å². The number of carbonyl (C=O) groups is 1. The molecule has 0 aliphatic carbocycles. The molecule has 0 saturated carbocycles. The number of hydrogen-bond donors (Lipinski definition) is 1. The minimum Gasteiger partial charge on any atom is -0.337 e. The fourth-order valence-corrected chi connectivity index (χ4v) is 3.78. The predicted octanol–water partition coefficient (Wildman–Crippen LogP) is 3.97. The van der Waals surface area contributed by atoms with Crippen molar-refractivity contribution in [1.29, 1.82) is 5.26 Å². The number of fused-ring (bicyclic) bond motifs is 1. The van der Waals surface area contributed by atoms with Crippen LogP contribution < -0.4 is 5.32 Å². The van der Waals surface area contributed by atoms with Gasteiger partial charge in [0.05, 0.1) is 34.5 Å². The molecule has 1 aromatic carbocycles. The predicted molar refractivity (Wildman–Crippen MR) is 125 cm³/mol. The minimum atomic E-state index is -0.712. The first kappa shape index (κ1) is 21.8. The molecule has 4 aromatic heterocycles. The van der Waals surface area contributed by atoms with Crippen LogP contribution in [0.25, 0.3) is 22.5 Å². The number of carbonyl (C=O) groups excluding carboxylic acids is 1. The molecule has 0 radical (unpaired) electrons. The Bertz CT molecular complexity index is 1640. The van der Waals surface area contributed by atoms with E-state index in [-0.39, 0.29) is 16.9 Å². The summed E-state index contributed by atoms with van der Waals surface area (Å²) in [5.41, 5.74) is 3.78. The molecule has 1 N–H and O–H groups in total. The first-order valence-corrected chi connectivity index (χ1v) is 10.6. The molecule has 0 aliphatic rings. The summed E-state index contributed by atoms with van der Waals surface area (Å²) in [5, 5.41) is 24.6. The zero-order chi connectivity index (χ0) is 24.7. The van der Waals surface area contributed by atoms with E-state index in [2.05, 4.69) is 30.6 Å². The zero-order valence-corrected chi connectivity index (χ0v) is 19.0. The van der Waals surface area contributed by atoms with Gasteiger partial charge in [-0.25, -0.2) is 19.0 Å². The summed E-state index contributed by atoms with van der Waals surface area (Å²) >= 11 is 0. The quantitative estimate of drug-likeness (QED) is 0.385. The van der Waals surface area contributed by atoms with Gasteiger partial charge >= 0.3 is 0 Å². The molecule has 10 nitrogen and oxygen atoms in total. The Balaban J connectivity index is 1.59. The van der Waals surface area contributed by atoms with Crippen LogP contribution in [0.4, 0.5) is 15.9 Å². The van der Waals surface area contributed by atoms with E-state index in [1.165, 1.54) is 24.0 Å². The number of imidazole rings is 1. The van der Waals surface area contributed by atoms with Gasteiger partial charge in [-0.2, -0.15) is 15.5 Å². The van der Waals surface area contributed by atoms with Crippen LogP contribution in [0.15, 0.2) is 48.9 Å². The van der Waals surface area contributed by atoms with Gasteiger partial charge in [-0.05, 0) is 57.2 Å². The standard InChI is InChI=1S/C24H18FN9O/c1-13-4-5-22(31-30-13)29-17-7-20-24(27-11-17)33(12-28-20)18-8-19(25)23(15(3)35)21(9-18)34-14(2)6-16(10-26)32-34/h4-9,11-12H,1-3H3,(H,29,31). The number of hydrogen-bond acceptors (Lipinski definition) is 8. The number of benzene rings is 1. The average Bonchev–Trinajstić information content (AvgIpc) is 3.42. The summed E-state index contributed by atoms with van der Waals surface area (Å²) in [5.74, 6) is -0.605. The molecule has 5 aromatic rings. The van der Waals surface area contributed by atoms with Gasteiger partial charge in [-0.3, -0.25) is 9.36 Å². The third-order valence-corrected chi connectivity index (χ3v) is 5.37. The normalized spacial score (nSPS) is 10.9. The van der Waals surface area contributed by atoms with Crippen molar-refractivity contribution < 1.29 is 9.18 Å². The SMILES string of the molecule is CC(=O)c1c(F)cc(-n2cnc3cc(Nc4ccc(C)nn4)cnc32)cc1-n1nc(C#N)cc1C. The third kappa shape index (κ3) is 3.97. The van der Waals surface area contributed by atoms with Gasteiger partial charge in [-0.1, -0.05) is 0 Å². The number of nitriles is 1. The van der Waals surface area contributed by atoms with Crippen molar-refractivity contribution in [1.82, 2.24) is 34.5 Å². The fourth-order valence-electron chi connectivity index (χ4n) is 3.78. The molecule has 35 heavy (non-hydrogen) atoms. The highest BCUT2D eigenvalue weighted by Gasteiger charge is 2.21. The summed E-state index contributed by atoms with van der Waals surface area (Å²) in [6.45, 7) is 4.86. The van der Waals surface area contributed by atoms with E-state index in [9.17, 15) is 10.1 Å². The monoisotopic (exact) mass is 467 g/mol. The highest BCUT2D eigenvalue weighted by molar-refractivity contribution is 5.98. The molecule has 11 heteroatoms. The van der Waals surface area contributed by atoms with E-state index in [0.29, 0.717) is 34.1 Å². The third-order valence-electron chi connectivity index (χ3n) is 5.37. The molecule has 172 valence electrons. The molecule has 0 saturated heterocycles. The van der Waals surface area contributed by atoms with Crippen LogP contribution in [0, 0.1) is 31.0 Å². The number of rotatable bonds is 5. The number of Topliss-reactive ketones (excluding diaryl/α,β-unsaturated/α-hetero) is 1. The van der Waals surface area contributed by atoms with Crippen LogP contribution >= 0.6 is 0 Å². The van der Waals surface area contributed by atoms with E-state index < -0.39 is 11.6 Å². The molecule has 0 amide bonds. The van der Waals surface area contributed by atoms with Crippen molar-refractivity contribution in [3.63, 3.8) is 0 Å². The second-order valence-corrected chi connectivity index (χ2v) is 7.94. The molecule has 5 rings (SSSR count). The van der Waals surface area contributed by atoms with Crippen LogP contribution in [-0.2, 0) is 0 Å². The van der Waals surface area contributed by atoms with E-state index in [0.717, 1.165) is 5.69 Å². The Hall–Kier alpha value is -4.98. The van der Waals surface area contributed by atoms with Crippen molar-refractivity contribution in [3.8, 4) is 17.4 Å². The summed E-state index contributed by atoms with van der Waals surface area (Å²) in [4.78, 5) is 21.2. The van der Waals surface area contributed by atoms with Crippen LogP contribution in [-0.4, -0.2) is 40.3 Å². The Morgan fingerprint density at radius 3 is 2.63 bits per heavy atom. The molecule has 0 fully saturated rings. The molecule has 0 bridgehead atoms. The first-order chi connectivity index (χ1) is 16.8. The smallest absolute Gasteiger partial charge is 0.164 e. The van der Waals surface area contributed by atoms with Gasteiger partial charge in [0.25, 0.3) is 0 Å². The van der Waals surface area contributed by atoms with Crippen LogP contribution in [0.3, 0.4) is 0 Å². The number of nitrogens with zero attached hydrogens (tertiary/aromatic N) is 8. The summed E-state index contributed by atoms with van der Waals surface area (Å²) in [7, 11) is 0. The van der Waals surface area contributed by atoms with Crippen molar-refractivity contribution in [2.24, 2.45) is 0 Å². The van der Waals surface area contributed by atoms with Gasteiger partial charge in [-0.15, -0.1) is 5.10 Å². The van der Waals surface area contributed by atoms with Gasteiger partial charge in [0.15, 0.2) is 22.9 Å². The number of ketones is 1. The molecule has 0 unspecified atom stereocenters. The number of anilines is 2. The maximum Gasteiger partial charge on any atom is 0.164 e. The van der Waals surface area contributed by atoms with Crippen LogP contribution in [0.1, 0.15) is 34.4 Å². The molecule has 4 heterocycles. The molecular formula is C24H18FN9O. The van der Waals surface area contributed by atoms with Gasteiger partial charge in [0, 0.05) is 5.69 Å². The van der Waals surface area contributed by atoms with Gasteiger partial charge in [0.2, 0.25) is 0 Å². The van der Waals surface area contributed by atoms with Crippen molar-refractivity contribution in [2.45, 2.75) is 20.8 Å².